The van der Waals surface area contributed by atoms with E-state index in [2.05, 4.69) is 10.1 Å². The third kappa shape index (κ3) is 4.47. The lowest BCUT2D eigenvalue weighted by molar-refractivity contribution is -0.173. The normalized spacial score (nSPS) is 22.8. The Morgan fingerprint density at radius 3 is 2.47 bits per heavy atom. The largest absolute Gasteiger partial charge is 0.411 e. The van der Waals surface area contributed by atoms with Crippen LogP contribution in [-0.4, -0.2) is 32.5 Å². The van der Waals surface area contributed by atoms with Crippen LogP contribution in [0.5, 0.6) is 0 Å². The molecule has 2 aliphatic rings. The highest BCUT2D eigenvalue weighted by atomic mass is 19.4. The molecular weight excluding hydrogens is 231 g/mol. The molecule has 0 bridgehead atoms. The van der Waals surface area contributed by atoms with Crippen LogP contribution in [0.1, 0.15) is 32.1 Å². The molecule has 2 aliphatic carbocycles. The molecule has 0 spiro atoms. The summed E-state index contributed by atoms with van der Waals surface area (Å²) in [5.74, 6) is 0.927. The van der Waals surface area contributed by atoms with Crippen LogP contribution in [0, 0.1) is 11.3 Å². The molecule has 0 aliphatic heterocycles. The maximum Gasteiger partial charge on any atom is 0.411 e. The third-order valence-electron chi connectivity index (χ3n) is 3.72. The third-order valence-corrected chi connectivity index (χ3v) is 3.72. The van der Waals surface area contributed by atoms with Crippen LogP contribution in [0.4, 0.5) is 13.2 Å². The first-order valence-corrected chi connectivity index (χ1v) is 6.37. The maximum absolute atomic E-state index is 11.8. The fourth-order valence-electron chi connectivity index (χ4n) is 2.41. The fraction of sp³-hybridized carbons (Fsp3) is 1.00. The Balaban J connectivity index is 1.42. The van der Waals surface area contributed by atoms with Gasteiger partial charge in [-0.05, 0) is 50.0 Å². The van der Waals surface area contributed by atoms with Crippen molar-refractivity contribution in [1.29, 1.82) is 0 Å². The summed E-state index contributed by atoms with van der Waals surface area (Å²) in [5.41, 5.74) is 0.562. The van der Waals surface area contributed by atoms with Crippen LogP contribution in [0.2, 0.25) is 0 Å². The molecule has 0 aromatic carbocycles. The zero-order valence-corrected chi connectivity index (χ0v) is 9.98. The van der Waals surface area contributed by atoms with Gasteiger partial charge >= 0.3 is 6.18 Å². The molecule has 2 nitrogen and oxygen atoms in total. The van der Waals surface area contributed by atoms with Gasteiger partial charge in [-0.1, -0.05) is 0 Å². The molecule has 0 atom stereocenters. The van der Waals surface area contributed by atoms with Gasteiger partial charge in [0.1, 0.15) is 6.61 Å². The van der Waals surface area contributed by atoms with Crippen LogP contribution in [0.3, 0.4) is 0 Å². The van der Waals surface area contributed by atoms with Gasteiger partial charge in [-0.2, -0.15) is 13.2 Å². The molecule has 0 saturated heterocycles. The molecule has 2 rings (SSSR count). The minimum atomic E-state index is -4.20. The Hall–Kier alpha value is -0.290. The Morgan fingerprint density at radius 1 is 1.24 bits per heavy atom. The number of alkyl halides is 3. The van der Waals surface area contributed by atoms with E-state index in [4.69, 9.17) is 0 Å². The van der Waals surface area contributed by atoms with Crippen molar-refractivity contribution in [3.8, 4) is 0 Å². The van der Waals surface area contributed by atoms with Gasteiger partial charge in [-0.25, -0.2) is 0 Å². The van der Waals surface area contributed by atoms with Crippen molar-refractivity contribution in [2.24, 2.45) is 11.3 Å². The SMILES string of the molecule is FC(F)(F)COCCCNCC1(C2CC2)CC1. The molecule has 2 fully saturated rings. The van der Waals surface area contributed by atoms with Crippen molar-refractivity contribution in [1.82, 2.24) is 5.32 Å². The number of ether oxygens (including phenoxy) is 1. The maximum atomic E-state index is 11.8. The second kappa shape index (κ2) is 5.14. The predicted octanol–water partition coefficient (Wildman–Crippen LogP) is 2.74. The van der Waals surface area contributed by atoms with Crippen LogP contribution < -0.4 is 5.32 Å². The van der Waals surface area contributed by atoms with E-state index in [1.54, 1.807) is 0 Å². The van der Waals surface area contributed by atoms with Crippen molar-refractivity contribution >= 4 is 0 Å². The second-order valence-corrected chi connectivity index (χ2v) is 5.33. The molecule has 0 heterocycles. The fourth-order valence-corrected chi connectivity index (χ4v) is 2.41. The second-order valence-electron chi connectivity index (χ2n) is 5.33. The quantitative estimate of drug-likeness (QED) is 0.670. The monoisotopic (exact) mass is 251 g/mol. The summed E-state index contributed by atoms with van der Waals surface area (Å²) >= 11 is 0. The summed E-state index contributed by atoms with van der Waals surface area (Å²) < 4.78 is 39.8. The standard InChI is InChI=1S/C12H20F3NO/c13-12(14,15)9-17-7-1-6-16-8-11(4-5-11)10-2-3-10/h10,16H,1-9H2. The summed E-state index contributed by atoms with van der Waals surface area (Å²) in [6.45, 7) is 0.852. The number of hydrogen-bond acceptors (Lipinski definition) is 2. The van der Waals surface area contributed by atoms with Gasteiger partial charge in [-0.3, -0.25) is 0 Å². The van der Waals surface area contributed by atoms with Crippen molar-refractivity contribution in [2.75, 3.05) is 26.3 Å². The Morgan fingerprint density at radius 2 is 1.94 bits per heavy atom. The zero-order valence-electron chi connectivity index (χ0n) is 9.98. The summed E-state index contributed by atoms with van der Waals surface area (Å²) in [6, 6.07) is 0. The first-order valence-electron chi connectivity index (χ1n) is 6.37. The lowest BCUT2D eigenvalue weighted by Crippen LogP contribution is -2.27. The van der Waals surface area contributed by atoms with Gasteiger partial charge in [0, 0.05) is 13.2 Å². The molecule has 17 heavy (non-hydrogen) atoms. The van der Waals surface area contributed by atoms with Gasteiger partial charge in [0.15, 0.2) is 0 Å². The minimum Gasteiger partial charge on any atom is -0.372 e. The Labute approximate surface area is 99.9 Å². The van der Waals surface area contributed by atoms with E-state index >= 15 is 0 Å². The van der Waals surface area contributed by atoms with Crippen LogP contribution in [0.15, 0.2) is 0 Å². The molecule has 0 aromatic heterocycles. The summed E-state index contributed by atoms with van der Waals surface area (Å²) in [7, 11) is 0. The van der Waals surface area contributed by atoms with Gasteiger partial charge in [0.25, 0.3) is 0 Å². The zero-order chi connectivity index (χ0) is 12.4. The van der Waals surface area contributed by atoms with Crippen molar-refractivity contribution in [3.05, 3.63) is 0 Å². The minimum absolute atomic E-state index is 0.183. The van der Waals surface area contributed by atoms with E-state index in [0.29, 0.717) is 11.8 Å². The van der Waals surface area contributed by atoms with Crippen molar-refractivity contribution < 1.29 is 17.9 Å². The van der Waals surface area contributed by atoms with Crippen molar-refractivity contribution in [3.63, 3.8) is 0 Å². The van der Waals surface area contributed by atoms with E-state index in [1.165, 1.54) is 25.7 Å². The molecule has 0 amide bonds. The van der Waals surface area contributed by atoms with Gasteiger partial charge < -0.3 is 10.1 Å². The Bertz CT molecular complexity index is 247. The summed E-state index contributed by atoms with van der Waals surface area (Å²) in [5, 5.41) is 3.35. The van der Waals surface area contributed by atoms with Crippen LogP contribution in [-0.2, 0) is 4.74 Å². The smallest absolute Gasteiger partial charge is 0.372 e. The molecule has 0 aromatic rings. The summed E-state index contributed by atoms with van der Waals surface area (Å²) in [4.78, 5) is 0. The average Bonchev–Trinajstić information content (AvgIpc) is 3.08. The molecule has 0 unspecified atom stereocenters. The van der Waals surface area contributed by atoms with Crippen molar-refractivity contribution in [2.45, 2.75) is 38.3 Å². The molecule has 0 radical (unpaired) electrons. The lowest BCUT2D eigenvalue weighted by Gasteiger charge is -2.15. The van der Waals surface area contributed by atoms with Gasteiger partial charge in [0.05, 0.1) is 0 Å². The first kappa shape index (κ1) is 13.1. The molecule has 5 heteroatoms. The predicted molar refractivity (Wildman–Crippen MR) is 58.8 cm³/mol. The first-order chi connectivity index (χ1) is 8.02. The van der Waals surface area contributed by atoms with E-state index in [0.717, 1.165) is 19.0 Å². The number of hydrogen-bond donors (Lipinski definition) is 1. The van der Waals surface area contributed by atoms with Gasteiger partial charge in [-0.15, -0.1) is 0 Å². The van der Waals surface area contributed by atoms with E-state index in [1.807, 2.05) is 0 Å². The summed E-state index contributed by atoms with van der Waals surface area (Å²) in [6.07, 6.45) is 1.85. The van der Waals surface area contributed by atoms with Crippen LogP contribution in [0.25, 0.3) is 0 Å². The highest BCUT2D eigenvalue weighted by Gasteiger charge is 2.52. The topological polar surface area (TPSA) is 21.3 Å². The molecular formula is C12H20F3NO. The number of halogens is 3. The molecule has 1 N–H and O–H groups in total. The van der Waals surface area contributed by atoms with E-state index in [-0.39, 0.29) is 6.61 Å². The lowest BCUT2D eigenvalue weighted by atomic mass is 10.0. The average molecular weight is 251 g/mol. The Kier molecular flexibility index (Phi) is 3.98. The highest BCUT2D eigenvalue weighted by molar-refractivity contribution is 5.04. The highest BCUT2D eigenvalue weighted by Crippen LogP contribution is 2.60. The number of nitrogens with one attached hydrogen (secondary N) is 1. The molecule has 2 saturated carbocycles. The van der Waals surface area contributed by atoms with Gasteiger partial charge in [0.2, 0.25) is 0 Å². The van der Waals surface area contributed by atoms with E-state index in [9.17, 15) is 13.2 Å². The van der Waals surface area contributed by atoms with E-state index < -0.39 is 12.8 Å². The number of rotatable bonds is 8. The van der Waals surface area contributed by atoms with Crippen LogP contribution >= 0.6 is 0 Å². The molecule has 100 valence electrons.